The van der Waals surface area contributed by atoms with Gasteiger partial charge in [0.05, 0.1) is 0 Å². The van der Waals surface area contributed by atoms with Crippen molar-refractivity contribution < 1.29 is 9.90 Å². The highest BCUT2D eigenvalue weighted by atomic mass is 16.4. The maximum absolute atomic E-state index is 10.4. The maximum Gasteiger partial charge on any atom is 0.303 e. The van der Waals surface area contributed by atoms with E-state index in [1.807, 2.05) is 0 Å². The first kappa shape index (κ1) is 11.2. The molecule has 1 aliphatic carbocycles. The lowest BCUT2D eigenvalue weighted by Crippen LogP contribution is -1.96. The molecular weight excluding hydrogens is 200 g/mol. The van der Waals surface area contributed by atoms with E-state index in [0.717, 1.165) is 18.8 Å². The largest absolute Gasteiger partial charge is 0.481 e. The number of carboxylic acid groups (broad SMARTS) is 1. The standard InChI is InChI=1S/C14H18O2/c1-10-7-12-6-5-11(9-13(12)8-10)3-2-4-14(15)16/h5-6,9-10H,2-4,7-8H2,1H3,(H,15,16). The van der Waals surface area contributed by atoms with Crippen LogP contribution in [-0.2, 0) is 24.1 Å². The minimum Gasteiger partial charge on any atom is -0.481 e. The Hall–Kier alpha value is -1.31. The van der Waals surface area contributed by atoms with Crippen molar-refractivity contribution in [3.63, 3.8) is 0 Å². The summed E-state index contributed by atoms with van der Waals surface area (Å²) in [5.41, 5.74) is 4.24. The first-order valence-electron chi connectivity index (χ1n) is 5.97. The molecule has 0 aliphatic heterocycles. The minimum atomic E-state index is -0.699. The molecule has 2 heteroatoms. The molecule has 2 rings (SSSR count). The van der Waals surface area contributed by atoms with Crippen molar-refractivity contribution in [2.24, 2.45) is 5.92 Å². The molecule has 16 heavy (non-hydrogen) atoms. The van der Waals surface area contributed by atoms with Gasteiger partial charge in [0.2, 0.25) is 0 Å². The summed E-state index contributed by atoms with van der Waals surface area (Å²) in [6, 6.07) is 6.63. The minimum absolute atomic E-state index is 0.271. The molecule has 1 aromatic carbocycles. The number of aryl methyl sites for hydroxylation is 1. The lowest BCUT2D eigenvalue weighted by atomic mass is 10.0. The Labute approximate surface area is 96.3 Å². The molecule has 0 bridgehead atoms. The highest BCUT2D eigenvalue weighted by molar-refractivity contribution is 5.66. The predicted molar refractivity (Wildman–Crippen MR) is 63.6 cm³/mol. The zero-order valence-electron chi connectivity index (χ0n) is 9.70. The second kappa shape index (κ2) is 4.69. The number of fused-ring (bicyclic) bond motifs is 1. The lowest BCUT2D eigenvalue weighted by Gasteiger charge is -2.03. The molecule has 0 fully saturated rings. The van der Waals surface area contributed by atoms with Crippen LogP contribution in [0.3, 0.4) is 0 Å². The van der Waals surface area contributed by atoms with Crippen LogP contribution >= 0.6 is 0 Å². The number of aliphatic carboxylic acids is 1. The van der Waals surface area contributed by atoms with Crippen LogP contribution in [0.25, 0.3) is 0 Å². The number of hydrogen-bond acceptors (Lipinski definition) is 1. The van der Waals surface area contributed by atoms with Crippen molar-refractivity contribution >= 4 is 5.97 Å². The number of hydrogen-bond donors (Lipinski definition) is 1. The van der Waals surface area contributed by atoms with E-state index < -0.39 is 5.97 Å². The van der Waals surface area contributed by atoms with E-state index in [1.165, 1.54) is 29.5 Å². The predicted octanol–water partition coefficient (Wildman–Crippen LogP) is 2.83. The summed E-state index contributed by atoms with van der Waals surface area (Å²) in [4.78, 5) is 10.4. The van der Waals surface area contributed by atoms with Gasteiger partial charge in [-0.05, 0) is 48.3 Å². The van der Waals surface area contributed by atoms with E-state index in [-0.39, 0.29) is 6.42 Å². The third-order valence-electron chi connectivity index (χ3n) is 3.26. The number of rotatable bonds is 4. The average Bonchev–Trinajstić information content (AvgIpc) is 2.56. The Bertz CT molecular complexity index is 396. The molecule has 1 atom stereocenters. The van der Waals surface area contributed by atoms with Gasteiger partial charge >= 0.3 is 5.97 Å². The first-order chi connectivity index (χ1) is 7.65. The first-order valence-corrected chi connectivity index (χ1v) is 5.97. The van der Waals surface area contributed by atoms with Crippen molar-refractivity contribution in [1.82, 2.24) is 0 Å². The van der Waals surface area contributed by atoms with Gasteiger partial charge in [-0.1, -0.05) is 25.1 Å². The Balaban J connectivity index is 1.97. The van der Waals surface area contributed by atoms with Gasteiger partial charge in [0.15, 0.2) is 0 Å². The van der Waals surface area contributed by atoms with Crippen LogP contribution in [0.5, 0.6) is 0 Å². The van der Waals surface area contributed by atoms with Crippen LogP contribution < -0.4 is 0 Å². The number of carboxylic acids is 1. The monoisotopic (exact) mass is 218 g/mol. The van der Waals surface area contributed by atoms with E-state index >= 15 is 0 Å². The number of carbonyl (C=O) groups is 1. The topological polar surface area (TPSA) is 37.3 Å². The van der Waals surface area contributed by atoms with Gasteiger partial charge in [-0.25, -0.2) is 0 Å². The molecule has 0 radical (unpaired) electrons. The van der Waals surface area contributed by atoms with Gasteiger partial charge < -0.3 is 5.11 Å². The molecule has 0 spiro atoms. The van der Waals surface area contributed by atoms with Gasteiger partial charge in [0, 0.05) is 6.42 Å². The molecule has 1 aromatic rings. The molecule has 1 aliphatic rings. The fourth-order valence-corrected chi connectivity index (χ4v) is 2.49. The molecule has 2 nitrogen and oxygen atoms in total. The van der Waals surface area contributed by atoms with Crippen LogP contribution in [-0.4, -0.2) is 11.1 Å². The molecular formula is C14H18O2. The van der Waals surface area contributed by atoms with Crippen molar-refractivity contribution in [2.45, 2.75) is 39.0 Å². The molecule has 0 saturated carbocycles. The second-order valence-corrected chi connectivity index (χ2v) is 4.86. The molecule has 0 saturated heterocycles. The Morgan fingerprint density at radius 3 is 2.88 bits per heavy atom. The average molecular weight is 218 g/mol. The number of benzene rings is 1. The fourth-order valence-electron chi connectivity index (χ4n) is 2.49. The summed E-state index contributed by atoms with van der Waals surface area (Å²) < 4.78 is 0. The summed E-state index contributed by atoms with van der Waals surface area (Å²) in [7, 11) is 0. The highest BCUT2D eigenvalue weighted by Gasteiger charge is 2.17. The Morgan fingerprint density at radius 1 is 1.38 bits per heavy atom. The zero-order chi connectivity index (χ0) is 11.5. The second-order valence-electron chi connectivity index (χ2n) is 4.86. The van der Waals surface area contributed by atoms with Crippen LogP contribution in [0.1, 0.15) is 36.5 Å². The molecule has 86 valence electrons. The SMILES string of the molecule is CC1Cc2ccc(CCCC(=O)O)cc2C1. The smallest absolute Gasteiger partial charge is 0.303 e. The van der Waals surface area contributed by atoms with E-state index in [0.29, 0.717) is 0 Å². The summed E-state index contributed by atoms with van der Waals surface area (Å²) in [6.45, 7) is 2.28. The van der Waals surface area contributed by atoms with Gasteiger partial charge in [0.25, 0.3) is 0 Å². The van der Waals surface area contributed by atoms with Crippen molar-refractivity contribution in [3.8, 4) is 0 Å². The van der Waals surface area contributed by atoms with E-state index in [2.05, 4.69) is 25.1 Å². The van der Waals surface area contributed by atoms with Gasteiger partial charge in [-0.3, -0.25) is 4.79 Å². The molecule has 0 amide bonds. The van der Waals surface area contributed by atoms with Crippen LogP contribution in [0, 0.1) is 5.92 Å². The zero-order valence-corrected chi connectivity index (χ0v) is 9.70. The van der Waals surface area contributed by atoms with E-state index in [9.17, 15) is 4.79 Å². The Morgan fingerprint density at radius 2 is 2.12 bits per heavy atom. The summed E-state index contributed by atoms with van der Waals surface area (Å²) in [5.74, 6) is 0.0686. The van der Waals surface area contributed by atoms with Crippen LogP contribution in [0.15, 0.2) is 18.2 Å². The van der Waals surface area contributed by atoms with Crippen LogP contribution in [0.4, 0.5) is 0 Å². The van der Waals surface area contributed by atoms with Crippen molar-refractivity contribution in [1.29, 1.82) is 0 Å². The molecule has 1 N–H and O–H groups in total. The van der Waals surface area contributed by atoms with Gasteiger partial charge in [-0.2, -0.15) is 0 Å². The third-order valence-corrected chi connectivity index (χ3v) is 3.26. The summed E-state index contributed by atoms with van der Waals surface area (Å²) in [5, 5.41) is 8.58. The Kier molecular flexibility index (Phi) is 3.28. The normalized spacial score (nSPS) is 18.4. The maximum atomic E-state index is 10.4. The summed E-state index contributed by atoms with van der Waals surface area (Å²) in [6.07, 6.45) is 4.28. The summed E-state index contributed by atoms with van der Waals surface area (Å²) >= 11 is 0. The fraction of sp³-hybridized carbons (Fsp3) is 0.500. The van der Waals surface area contributed by atoms with E-state index in [1.54, 1.807) is 0 Å². The van der Waals surface area contributed by atoms with Crippen molar-refractivity contribution in [3.05, 3.63) is 34.9 Å². The molecule has 0 aromatic heterocycles. The van der Waals surface area contributed by atoms with Gasteiger partial charge in [-0.15, -0.1) is 0 Å². The highest BCUT2D eigenvalue weighted by Crippen LogP contribution is 2.27. The van der Waals surface area contributed by atoms with Crippen LogP contribution in [0.2, 0.25) is 0 Å². The van der Waals surface area contributed by atoms with E-state index in [4.69, 9.17) is 5.11 Å². The van der Waals surface area contributed by atoms with Gasteiger partial charge in [0.1, 0.15) is 0 Å². The lowest BCUT2D eigenvalue weighted by molar-refractivity contribution is -0.137. The third kappa shape index (κ3) is 2.63. The quantitative estimate of drug-likeness (QED) is 0.843. The van der Waals surface area contributed by atoms with Crippen molar-refractivity contribution in [2.75, 3.05) is 0 Å². The molecule has 0 heterocycles. The molecule has 1 unspecified atom stereocenters.